The maximum Gasteiger partial charge on any atom is 0.147 e. The van der Waals surface area contributed by atoms with Gasteiger partial charge in [0.25, 0.3) is 0 Å². The lowest BCUT2D eigenvalue weighted by atomic mass is 9.92. The van der Waals surface area contributed by atoms with Gasteiger partial charge in [-0.15, -0.1) is 10.2 Å². The quantitative estimate of drug-likeness (QED) is 0.840. The summed E-state index contributed by atoms with van der Waals surface area (Å²) in [5, 5.41) is 21.9. The van der Waals surface area contributed by atoms with Gasteiger partial charge in [0.05, 0.1) is 12.6 Å². The molecular weight excluding hydrogens is 228 g/mol. The molecule has 0 saturated heterocycles. The predicted molar refractivity (Wildman–Crippen MR) is 68.1 cm³/mol. The molecule has 1 aliphatic carbocycles. The van der Waals surface area contributed by atoms with Crippen molar-refractivity contribution in [2.45, 2.75) is 70.2 Å². The number of aromatic nitrogens is 3. The summed E-state index contributed by atoms with van der Waals surface area (Å²) >= 11 is 0. The van der Waals surface area contributed by atoms with E-state index >= 15 is 0 Å². The second kappa shape index (κ2) is 5.36. The van der Waals surface area contributed by atoms with Gasteiger partial charge in [-0.3, -0.25) is 0 Å². The Morgan fingerprint density at radius 3 is 2.94 bits per heavy atom. The maximum atomic E-state index is 9.93. The van der Waals surface area contributed by atoms with Crippen molar-refractivity contribution in [3.8, 4) is 0 Å². The summed E-state index contributed by atoms with van der Waals surface area (Å²) in [5.41, 5.74) is 0. The van der Waals surface area contributed by atoms with Gasteiger partial charge in [0, 0.05) is 19.0 Å². The molecule has 0 aromatic carbocycles. The van der Waals surface area contributed by atoms with Crippen molar-refractivity contribution in [1.82, 2.24) is 20.1 Å². The Kier molecular flexibility index (Phi) is 3.61. The molecule has 1 fully saturated rings. The first-order valence-electron chi connectivity index (χ1n) is 7.17. The number of nitrogens with one attached hydrogen (secondary N) is 1. The predicted octanol–water partition coefficient (Wildman–Crippen LogP) is 1.01. The van der Waals surface area contributed by atoms with E-state index in [0.29, 0.717) is 0 Å². The minimum atomic E-state index is -0.192. The van der Waals surface area contributed by atoms with Gasteiger partial charge in [-0.25, -0.2) is 0 Å². The van der Waals surface area contributed by atoms with Crippen LogP contribution >= 0.6 is 0 Å². The highest BCUT2D eigenvalue weighted by Gasteiger charge is 2.23. The van der Waals surface area contributed by atoms with E-state index in [0.717, 1.165) is 50.4 Å². The second-order valence-corrected chi connectivity index (χ2v) is 5.48. The molecule has 1 aromatic rings. The first kappa shape index (κ1) is 12.1. The first-order chi connectivity index (χ1) is 8.84. The number of aliphatic hydroxyl groups excluding tert-OH is 1. The molecule has 0 radical (unpaired) electrons. The van der Waals surface area contributed by atoms with Gasteiger partial charge >= 0.3 is 0 Å². The van der Waals surface area contributed by atoms with Crippen LogP contribution in [0.2, 0.25) is 0 Å². The average Bonchev–Trinajstić information content (AvgIpc) is 2.81. The van der Waals surface area contributed by atoms with Gasteiger partial charge in [0.2, 0.25) is 0 Å². The van der Waals surface area contributed by atoms with Crippen LogP contribution in [0.15, 0.2) is 0 Å². The average molecular weight is 250 g/mol. The van der Waals surface area contributed by atoms with E-state index in [9.17, 15) is 5.11 Å². The molecule has 100 valence electrons. The van der Waals surface area contributed by atoms with Crippen molar-refractivity contribution >= 4 is 0 Å². The SMILES string of the molecule is OC1CCCCC1NCc1nnc2n1CCCC2. The molecule has 0 bridgehead atoms. The minimum Gasteiger partial charge on any atom is -0.392 e. The third-order valence-electron chi connectivity index (χ3n) is 4.19. The zero-order valence-electron chi connectivity index (χ0n) is 10.8. The summed E-state index contributed by atoms with van der Waals surface area (Å²) in [6.45, 7) is 1.78. The number of aliphatic hydroxyl groups is 1. The monoisotopic (exact) mass is 250 g/mol. The first-order valence-corrected chi connectivity index (χ1v) is 7.17. The van der Waals surface area contributed by atoms with E-state index in [2.05, 4.69) is 20.1 Å². The van der Waals surface area contributed by atoms with Gasteiger partial charge in [-0.1, -0.05) is 12.8 Å². The van der Waals surface area contributed by atoms with Gasteiger partial charge in [-0.05, 0) is 25.7 Å². The smallest absolute Gasteiger partial charge is 0.147 e. The summed E-state index contributed by atoms with van der Waals surface area (Å²) in [5.74, 6) is 2.16. The summed E-state index contributed by atoms with van der Waals surface area (Å²) in [6.07, 6.45) is 7.68. The molecule has 1 aliphatic heterocycles. The Labute approximate surface area is 108 Å². The third-order valence-corrected chi connectivity index (χ3v) is 4.19. The third kappa shape index (κ3) is 2.42. The molecule has 5 heteroatoms. The maximum absolute atomic E-state index is 9.93. The molecule has 2 unspecified atom stereocenters. The molecule has 18 heavy (non-hydrogen) atoms. The van der Waals surface area contributed by atoms with Crippen LogP contribution in [0.5, 0.6) is 0 Å². The fourth-order valence-corrected chi connectivity index (χ4v) is 3.07. The Hall–Kier alpha value is -0.940. The van der Waals surface area contributed by atoms with Gasteiger partial charge in [0.1, 0.15) is 11.6 Å². The normalized spacial score (nSPS) is 28.1. The van der Waals surface area contributed by atoms with Crippen molar-refractivity contribution in [3.63, 3.8) is 0 Å². The molecule has 1 aromatic heterocycles. The highest BCUT2D eigenvalue weighted by Crippen LogP contribution is 2.19. The number of hydrogen-bond donors (Lipinski definition) is 2. The van der Waals surface area contributed by atoms with E-state index in [1.54, 1.807) is 0 Å². The molecular formula is C13H22N4O. The van der Waals surface area contributed by atoms with Crippen LogP contribution in [-0.2, 0) is 19.5 Å². The number of aryl methyl sites for hydroxylation is 1. The Morgan fingerprint density at radius 2 is 2.06 bits per heavy atom. The van der Waals surface area contributed by atoms with E-state index in [1.807, 2.05) is 0 Å². The Balaban J connectivity index is 1.61. The van der Waals surface area contributed by atoms with Gasteiger partial charge in [-0.2, -0.15) is 0 Å². The highest BCUT2D eigenvalue weighted by atomic mass is 16.3. The zero-order chi connectivity index (χ0) is 12.4. The molecule has 3 rings (SSSR count). The van der Waals surface area contributed by atoms with Crippen LogP contribution in [-0.4, -0.2) is 32.0 Å². The molecule has 0 amide bonds. The van der Waals surface area contributed by atoms with Crippen molar-refractivity contribution < 1.29 is 5.11 Å². The molecule has 0 spiro atoms. The van der Waals surface area contributed by atoms with E-state index in [-0.39, 0.29) is 12.1 Å². The lowest BCUT2D eigenvalue weighted by molar-refractivity contribution is 0.0897. The summed E-state index contributed by atoms with van der Waals surface area (Å²) in [4.78, 5) is 0. The summed E-state index contributed by atoms with van der Waals surface area (Å²) in [7, 11) is 0. The standard InChI is InChI=1S/C13H22N4O/c18-11-6-2-1-5-10(11)14-9-13-16-15-12-7-3-4-8-17(12)13/h10-11,14,18H,1-9H2. The molecule has 2 aliphatic rings. The number of fused-ring (bicyclic) bond motifs is 1. The number of hydrogen-bond acceptors (Lipinski definition) is 4. The minimum absolute atomic E-state index is 0.192. The van der Waals surface area contributed by atoms with Gasteiger partial charge < -0.3 is 15.0 Å². The van der Waals surface area contributed by atoms with Crippen molar-refractivity contribution in [3.05, 3.63) is 11.6 Å². The largest absolute Gasteiger partial charge is 0.392 e. The van der Waals surface area contributed by atoms with Gasteiger partial charge in [0.15, 0.2) is 0 Å². The van der Waals surface area contributed by atoms with Crippen LogP contribution in [0.25, 0.3) is 0 Å². The van der Waals surface area contributed by atoms with Crippen molar-refractivity contribution in [1.29, 1.82) is 0 Å². The molecule has 1 saturated carbocycles. The second-order valence-electron chi connectivity index (χ2n) is 5.48. The van der Waals surface area contributed by atoms with Crippen LogP contribution in [0.4, 0.5) is 0 Å². The van der Waals surface area contributed by atoms with Crippen molar-refractivity contribution in [2.75, 3.05) is 0 Å². The zero-order valence-corrected chi connectivity index (χ0v) is 10.8. The highest BCUT2D eigenvalue weighted by molar-refractivity contribution is 4.99. The van der Waals surface area contributed by atoms with Crippen LogP contribution in [0.1, 0.15) is 50.2 Å². The molecule has 2 N–H and O–H groups in total. The molecule has 5 nitrogen and oxygen atoms in total. The fraction of sp³-hybridized carbons (Fsp3) is 0.846. The topological polar surface area (TPSA) is 63.0 Å². The fourth-order valence-electron chi connectivity index (χ4n) is 3.07. The van der Waals surface area contributed by atoms with E-state index < -0.39 is 0 Å². The Morgan fingerprint density at radius 1 is 1.17 bits per heavy atom. The lowest BCUT2D eigenvalue weighted by Crippen LogP contribution is -2.42. The molecule has 2 atom stereocenters. The molecule has 2 heterocycles. The summed E-state index contributed by atoms with van der Waals surface area (Å²) in [6, 6.07) is 0.232. The Bertz CT molecular complexity index is 404. The number of rotatable bonds is 3. The van der Waals surface area contributed by atoms with Crippen LogP contribution < -0.4 is 5.32 Å². The summed E-state index contributed by atoms with van der Waals surface area (Å²) < 4.78 is 2.24. The van der Waals surface area contributed by atoms with Crippen LogP contribution in [0.3, 0.4) is 0 Å². The number of nitrogens with zero attached hydrogens (tertiary/aromatic N) is 3. The lowest BCUT2D eigenvalue weighted by Gasteiger charge is -2.28. The van der Waals surface area contributed by atoms with Crippen LogP contribution in [0, 0.1) is 0 Å². The van der Waals surface area contributed by atoms with E-state index in [4.69, 9.17) is 0 Å². The van der Waals surface area contributed by atoms with E-state index in [1.165, 1.54) is 19.3 Å². The van der Waals surface area contributed by atoms with Crippen molar-refractivity contribution in [2.24, 2.45) is 0 Å².